The number of halogens is 2. The van der Waals surface area contributed by atoms with Gasteiger partial charge >= 0.3 is 0 Å². The molecule has 154 valence electrons. The van der Waals surface area contributed by atoms with Crippen LogP contribution in [0.2, 0.25) is 0 Å². The third-order valence-corrected chi connectivity index (χ3v) is 5.68. The van der Waals surface area contributed by atoms with Gasteiger partial charge in [-0.1, -0.05) is 33.1 Å². The van der Waals surface area contributed by atoms with Crippen LogP contribution in [0.15, 0.2) is 18.2 Å². The van der Waals surface area contributed by atoms with Gasteiger partial charge in [0.15, 0.2) is 11.6 Å². The van der Waals surface area contributed by atoms with Crippen LogP contribution in [-0.2, 0) is 14.8 Å². The summed E-state index contributed by atoms with van der Waals surface area (Å²) < 4.78 is 51.4. The fraction of sp³-hybridized carbons (Fsp3) is 0.632. The first kappa shape index (κ1) is 23.3. The van der Waals surface area contributed by atoms with Crippen LogP contribution in [0.1, 0.15) is 52.4 Å². The zero-order valence-electron chi connectivity index (χ0n) is 16.3. The topological polar surface area (TPSA) is 66.5 Å². The molecule has 1 rings (SSSR count). The lowest BCUT2D eigenvalue weighted by atomic mass is 9.99. The average Bonchev–Trinajstić information content (AvgIpc) is 2.60. The Labute approximate surface area is 161 Å². The number of nitrogens with one attached hydrogen (secondary N) is 1. The third kappa shape index (κ3) is 8.24. The summed E-state index contributed by atoms with van der Waals surface area (Å²) in [6.45, 7) is 4.86. The Bertz CT molecular complexity index is 711. The van der Waals surface area contributed by atoms with E-state index in [2.05, 4.69) is 19.2 Å². The van der Waals surface area contributed by atoms with Gasteiger partial charge in [0.05, 0.1) is 11.9 Å². The highest BCUT2D eigenvalue weighted by molar-refractivity contribution is 7.92. The Hall–Kier alpha value is -1.70. The highest BCUT2D eigenvalue weighted by atomic mass is 32.2. The molecule has 27 heavy (non-hydrogen) atoms. The SMILES string of the molecule is CCCC[C@@H](CC)CNC(=O)CCCN(c1ccc(F)c(F)c1)S(C)(=O)=O. The summed E-state index contributed by atoms with van der Waals surface area (Å²) in [6, 6.07) is 2.94. The van der Waals surface area contributed by atoms with Gasteiger partial charge in [-0.25, -0.2) is 17.2 Å². The van der Waals surface area contributed by atoms with Crippen LogP contribution < -0.4 is 9.62 Å². The summed E-state index contributed by atoms with van der Waals surface area (Å²) in [6.07, 6.45) is 5.77. The fourth-order valence-corrected chi connectivity index (χ4v) is 3.76. The lowest BCUT2D eigenvalue weighted by Gasteiger charge is -2.22. The van der Waals surface area contributed by atoms with Crippen molar-refractivity contribution < 1.29 is 22.0 Å². The van der Waals surface area contributed by atoms with Crippen LogP contribution in [0.4, 0.5) is 14.5 Å². The number of nitrogens with zero attached hydrogens (tertiary/aromatic N) is 1. The molecule has 1 atom stereocenters. The Kier molecular flexibility index (Phi) is 9.69. The minimum atomic E-state index is -3.67. The maximum atomic E-state index is 13.4. The molecule has 0 radical (unpaired) electrons. The molecule has 0 aromatic heterocycles. The van der Waals surface area contributed by atoms with E-state index in [0.29, 0.717) is 12.5 Å². The van der Waals surface area contributed by atoms with E-state index in [4.69, 9.17) is 0 Å². The first-order chi connectivity index (χ1) is 12.7. The Morgan fingerprint density at radius 2 is 1.89 bits per heavy atom. The molecule has 0 saturated heterocycles. The van der Waals surface area contributed by atoms with E-state index in [9.17, 15) is 22.0 Å². The van der Waals surface area contributed by atoms with Gasteiger partial charge in [-0.3, -0.25) is 9.10 Å². The maximum Gasteiger partial charge on any atom is 0.232 e. The van der Waals surface area contributed by atoms with Gasteiger partial charge in [0.2, 0.25) is 15.9 Å². The van der Waals surface area contributed by atoms with Crippen molar-refractivity contribution in [3.05, 3.63) is 29.8 Å². The molecular weight excluding hydrogens is 374 g/mol. The van der Waals surface area contributed by atoms with Crippen molar-refractivity contribution in [2.75, 3.05) is 23.7 Å². The summed E-state index contributed by atoms with van der Waals surface area (Å²) in [7, 11) is -3.67. The van der Waals surface area contributed by atoms with E-state index in [1.807, 2.05) is 0 Å². The van der Waals surface area contributed by atoms with Crippen molar-refractivity contribution in [1.82, 2.24) is 5.32 Å². The summed E-state index contributed by atoms with van der Waals surface area (Å²) in [5.41, 5.74) is 0.0439. The Morgan fingerprint density at radius 1 is 1.19 bits per heavy atom. The summed E-state index contributed by atoms with van der Waals surface area (Å²) in [4.78, 5) is 12.0. The van der Waals surface area contributed by atoms with E-state index in [1.165, 1.54) is 6.07 Å². The molecule has 5 nitrogen and oxygen atoms in total. The second-order valence-electron chi connectivity index (χ2n) is 6.76. The van der Waals surface area contributed by atoms with Crippen LogP contribution in [-0.4, -0.2) is 33.7 Å². The molecule has 1 N–H and O–H groups in total. The quantitative estimate of drug-likeness (QED) is 0.576. The van der Waals surface area contributed by atoms with E-state index in [1.54, 1.807) is 0 Å². The molecule has 0 unspecified atom stereocenters. The first-order valence-corrected chi connectivity index (χ1v) is 11.2. The van der Waals surface area contributed by atoms with E-state index < -0.39 is 21.7 Å². The number of anilines is 1. The minimum absolute atomic E-state index is 0.0182. The molecular formula is C19H30F2N2O3S. The third-order valence-electron chi connectivity index (χ3n) is 4.49. The normalized spacial score (nSPS) is 12.6. The second-order valence-corrected chi connectivity index (χ2v) is 8.66. The van der Waals surface area contributed by atoms with Crippen molar-refractivity contribution in [2.24, 2.45) is 5.92 Å². The monoisotopic (exact) mass is 404 g/mol. The maximum absolute atomic E-state index is 13.4. The number of amides is 1. The van der Waals surface area contributed by atoms with Gasteiger partial charge in [-0.15, -0.1) is 0 Å². The summed E-state index contributed by atoms with van der Waals surface area (Å²) in [5.74, 6) is -1.84. The van der Waals surface area contributed by atoms with Gasteiger partial charge in [-0.2, -0.15) is 0 Å². The van der Waals surface area contributed by atoms with Crippen molar-refractivity contribution >= 4 is 21.6 Å². The molecule has 1 amide bonds. The van der Waals surface area contributed by atoms with Gasteiger partial charge in [-0.05, 0) is 30.9 Å². The first-order valence-electron chi connectivity index (χ1n) is 9.38. The van der Waals surface area contributed by atoms with E-state index in [-0.39, 0.29) is 31.0 Å². The molecule has 1 aromatic carbocycles. The zero-order valence-corrected chi connectivity index (χ0v) is 17.1. The van der Waals surface area contributed by atoms with Gasteiger partial charge in [0.1, 0.15) is 0 Å². The molecule has 0 heterocycles. The van der Waals surface area contributed by atoms with Crippen LogP contribution in [0.5, 0.6) is 0 Å². The second kappa shape index (κ2) is 11.2. The Balaban J connectivity index is 2.57. The van der Waals surface area contributed by atoms with Gasteiger partial charge in [0.25, 0.3) is 0 Å². The van der Waals surface area contributed by atoms with Crippen molar-refractivity contribution in [2.45, 2.75) is 52.4 Å². The standard InChI is InChI=1S/C19H30F2N2O3S/c1-4-6-8-15(5-2)14-22-19(24)9-7-12-23(27(3,25)26)16-10-11-17(20)18(21)13-16/h10-11,13,15H,4-9,12,14H2,1-3H3,(H,22,24)/t15-/m1/s1. The van der Waals surface area contributed by atoms with Crippen LogP contribution in [0.3, 0.4) is 0 Å². The van der Waals surface area contributed by atoms with E-state index in [0.717, 1.165) is 48.4 Å². The zero-order chi connectivity index (χ0) is 20.4. The number of benzene rings is 1. The average molecular weight is 405 g/mol. The smallest absolute Gasteiger partial charge is 0.232 e. The molecule has 0 spiro atoms. The molecule has 0 aliphatic rings. The number of hydrogen-bond donors (Lipinski definition) is 1. The lowest BCUT2D eigenvalue weighted by Crippen LogP contribution is -2.33. The molecule has 1 aromatic rings. The number of carbonyl (C=O) groups is 1. The van der Waals surface area contributed by atoms with Crippen LogP contribution in [0.25, 0.3) is 0 Å². The highest BCUT2D eigenvalue weighted by Gasteiger charge is 2.19. The molecule has 0 aliphatic carbocycles. The van der Waals surface area contributed by atoms with Crippen molar-refractivity contribution in [3.63, 3.8) is 0 Å². The number of sulfonamides is 1. The fourth-order valence-electron chi connectivity index (χ4n) is 2.80. The predicted octanol–water partition coefficient (Wildman–Crippen LogP) is 3.84. The van der Waals surface area contributed by atoms with Gasteiger partial charge in [0, 0.05) is 25.6 Å². The number of rotatable bonds is 12. The van der Waals surface area contributed by atoms with Crippen LogP contribution in [0, 0.1) is 17.6 Å². The largest absolute Gasteiger partial charge is 0.356 e. The van der Waals surface area contributed by atoms with E-state index >= 15 is 0 Å². The molecule has 0 fully saturated rings. The molecule has 0 bridgehead atoms. The molecule has 8 heteroatoms. The van der Waals surface area contributed by atoms with Gasteiger partial charge < -0.3 is 5.32 Å². The van der Waals surface area contributed by atoms with Crippen LogP contribution >= 0.6 is 0 Å². The lowest BCUT2D eigenvalue weighted by molar-refractivity contribution is -0.121. The number of hydrogen-bond acceptors (Lipinski definition) is 3. The predicted molar refractivity (Wildman–Crippen MR) is 104 cm³/mol. The summed E-state index contributed by atoms with van der Waals surface area (Å²) >= 11 is 0. The molecule has 0 saturated carbocycles. The number of unbranched alkanes of at least 4 members (excludes halogenated alkanes) is 1. The van der Waals surface area contributed by atoms with Crippen molar-refractivity contribution in [1.29, 1.82) is 0 Å². The molecule has 0 aliphatic heterocycles. The Morgan fingerprint density at radius 3 is 2.44 bits per heavy atom. The number of carbonyl (C=O) groups excluding carboxylic acids is 1. The van der Waals surface area contributed by atoms with Crippen molar-refractivity contribution in [3.8, 4) is 0 Å². The summed E-state index contributed by atoms with van der Waals surface area (Å²) in [5, 5.41) is 2.89. The highest BCUT2D eigenvalue weighted by Crippen LogP contribution is 2.21. The minimum Gasteiger partial charge on any atom is -0.356 e.